The minimum Gasteiger partial charge on any atom is -0.368 e. The average molecular weight is 184 g/mol. The first-order chi connectivity index (χ1) is 6.17. The quantitative estimate of drug-likeness (QED) is 0.606. The molecule has 1 rings (SSSR count). The van der Waals surface area contributed by atoms with Crippen LogP contribution < -0.4 is 16.5 Å². The van der Waals surface area contributed by atoms with E-state index in [-0.39, 0.29) is 11.9 Å². The van der Waals surface area contributed by atoms with Crippen molar-refractivity contribution in [2.75, 3.05) is 30.2 Å². The number of aromatic nitrogens is 3. The molecule has 13 heavy (non-hydrogen) atoms. The molecule has 0 aliphatic rings. The number of hydrogen-bond acceptors (Lipinski definition) is 7. The van der Waals surface area contributed by atoms with E-state index in [0.29, 0.717) is 12.5 Å². The third-order valence-electron chi connectivity index (χ3n) is 1.39. The van der Waals surface area contributed by atoms with Gasteiger partial charge in [0.25, 0.3) is 5.95 Å². The van der Waals surface area contributed by atoms with Crippen molar-refractivity contribution in [3.05, 3.63) is 0 Å². The standard InChI is InChI=1S/C6H12N6O/c1-3-12(13-2)6-10-4(7)9-5(8)11-6/h3H2,1-2H3,(H4,7,8,9,10,11). The Hall–Kier alpha value is -1.63. The highest BCUT2D eigenvalue weighted by Gasteiger charge is 2.08. The van der Waals surface area contributed by atoms with Crippen LogP contribution in [0.25, 0.3) is 0 Å². The molecule has 0 fully saturated rings. The zero-order chi connectivity index (χ0) is 9.84. The summed E-state index contributed by atoms with van der Waals surface area (Å²) in [6.07, 6.45) is 0. The Balaban J connectivity index is 2.99. The zero-order valence-electron chi connectivity index (χ0n) is 7.56. The Bertz CT molecular complexity index is 266. The molecule has 0 radical (unpaired) electrons. The topological polar surface area (TPSA) is 103 Å². The first-order valence-electron chi connectivity index (χ1n) is 3.76. The van der Waals surface area contributed by atoms with Crippen molar-refractivity contribution in [1.82, 2.24) is 15.0 Å². The summed E-state index contributed by atoms with van der Waals surface area (Å²) in [5, 5.41) is 1.45. The molecular formula is C6H12N6O. The molecule has 0 saturated carbocycles. The van der Waals surface area contributed by atoms with Gasteiger partial charge in [-0.1, -0.05) is 0 Å². The Morgan fingerprint density at radius 3 is 2.15 bits per heavy atom. The molecule has 0 atom stereocenters. The van der Waals surface area contributed by atoms with Gasteiger partial charge in [-0.25, -0.2) is 5.06 Å². The largest absolute Gasteiger partial charge is 0.368 e. The summed E-state index contributed by atoms with van der Waals surface area (Å²) in [5.41, 5.74) is 10.8. The predicted octanol–water partition coefficient (Wildman–Crippen LogP) is -0.576. The van der Waals surface area contributed by atoms with E-state index in [0.717, 1.165) is 0 Å². The molecule has 4 N–H and O–H groups in total. The Kier molecular flexibility index (Phi) is 2.80. The van der Waals surface area contributed by atoms with Crippen molar-refractivity contribution in [1.29, 1.82) is 0 Å². The fourth-order valence-electron chi connectivity index (χ4n) is 0.861. The number of nitrogen functional groups attached to an aromatic ring is 2. The van der Waals surface area contributed by atoms with Crippen LogP contribution in [0.15, 0.2) is 0 Å². The fraction of sp³-hybridized carbons (Fsp3) is 0.500. The average Bonchev–Trinajstić information content (AvgIpc) is 2.04. The van der Waals surface area contributed by atoms with Gasteiger partial charge in [0, 0.05) is 6.54 Å². The Morgan fingerprint density at radius 2 is 1.77 bits per heavy atom. The molecule has 7 heteroatoms. The lowest BCUT2D eigenvalue weighted by molar-refractivity contribution is 0.166. The second-order valence-corrected chi connectivity index (χ2v) is 2.23. The van der Waals surface area contributed by atoms with E-state index in [9.17, 15) is 0 Å². The first kappa shape index (κ1) is 9.46. The van der Waals surface area contributed by atoms with Crippen LogP contribution in [0.2, 0.25) is 0 Å². The molecule has 1 aromatic heterocycles. The summed E-state index contributed by atoms with van der Waals surface area (Å²) in [5.74, 6) is 0.478. The Morgan fingerprint density at radius 1 is 1.23 bits per heavy atom. The molecule has 1 heterocycles. The van der Waals surface area contributed by atoms with Gasteiger partial charge >= 0.3 is 0 Å². The number of anilines is 3. The Labute approximate surface area is 75.7 Å². The van der Waals surface area contributed by atoms with Gasteiger partial charge in [0.15, 0.2) is 0 Å². The number of hydrogen-bond donors (Lipinski definition) is 2. The number of hydroxylamine groups is 1. The number of nitrogens with two attached hydrogens (primary N) is 2. The van der Waals surface area contributed by atoms with Crippen LogP contribution in [-0.2, 0) is 4.84 Å². The summed E-state index contributed by atoms with van der Waals surface area (Å²) in [6, 6.07) is 0. The van der Waals surface area contributed by atoms with Crippen LogP contribution in [0.4, 0.5) is 17.8 Å². The second-order valence-electron chi connectivity index (χ2n) is 2.23. The first-order valence-corrected chi connectivity index (χ1v) is 3.76. The van der Waals surface area contributed by atoms with Gasteiger partial charge in [-0.3, -0.25) is 4.84 Å². The van der Waals surface area contributed by atoms with Crippen molar-refractivity contribution < 1.29 is 4.84 Å². The molecule has 0 aliphatic heterocycles. The summed E-state index contributed by atoms with van der Waals surface area (Å²) in [6.45, 7) is 2.49. The van der Waals surface area contributed by atoms with E-state index in [2.05, 4.69) is 15.0 Å². The maximum Gasteiger partial charge on any atom is 0.256 e. The lowest BCUT2D eigenvalue weighted by Crippen LogP contribution is -2.24. The third-order valence-corrected chi connectivity index (χ3v) is 1.39. The highest BCUT2D eigenvalue weighted by Crippen LogP contribution is 2.09. The van der Waals surface area contributed by atoms with Crippen LogP contribution >= 0.6 is 0 Å². The molecule has 0 unspecified atom stereocenters. The lowest BCUT2D eigenvalue weighted by atomic mass is 10.7. The highest BCUT2D eigenvalue weighted by atomic mass is 16.7. The number of nitrogens with zero attached hydrogens (tertiary/aromatic N) is 4. The van der Waals surface area contributed by atoms with Crippen molar-refractivity contribution >= 4 is 17.8 Å². The van der Waals surface area contributed by atoms with Crippen LogP contribution in [-0.4, -0.2) is 28.6 Å². The molecule has 0 bridgehead atoms. The molecule has 1 aromatic rings. The van der Waals surface area contributed by atoms with Crippen LogP contribution in [0.3, 0.4) is 0 Å². The van der Waals surface area contributed by atoms with Gasteiger partial charge in [-0.2, -0.15) is 15.0 Å². The summed E-state index contributed by atoms with van der Waals surface area (Å²) >= 11 is 0. The maximum absolute atomic E-state index is 5.38. The van der Waals surface area contributed by atoms with E-state index in [1.165, 1.54) is 12.2 Å². The normalized spacial score (nSPS) is 10.0. The second kappa shape index (κ2) is 3.85. The van der Waals surface area contributed by atoms with Gasteiger partial charge in [-0.15, -0.1) is 0 Å². The van der Waals surface area contributed by atoms with Crippen molar-refractivity contribution in [2.45, 2.75) is 6.92 Å². The van der Waals surface area contributed by atoms with Crippen molar-refractivity contribution in [2.24, 2.45) is 0 Å². The van der Waals surface area contributed by atoms with Gasteiger partial charge in [0.1, 0.15) is 0 Å². The molecular weight excluding hydrogens is 172 g/mol. The van der Waals surface area contributed by atoms with E-state index in [4.69, 9.17) is 16.3 Å². The van der Waals surface area contributed by atoms with E-state index in [1.54, 1.807) is 0 Å². The molecule has 7 nitrogen and oxygen atoms in total. The SMILES string of the molecule is CCN(OC)c1nc(N)nc(N)n1. The summed E-state index contributed by atoms with van der Waals surface area (Å²) in [7, 11) is 1.51. The fourth-order valence-corrected chi connectivity index (χ4v) is 0.861. The van der Waals surface area contributed by atoms with Crippen LogP contribution in [0, 0.1) is 0 Å². The molecule has 0 aliphatic carbocycles. The van der Waals surface area contributed by atoms with Gasteiger partial charge in [-0.05, 0) is 6.92 Å². The molecule has 72 valence electrons. The van der Waals surface area contributed by atoms with E-state index in [1.807, 2.05) is 6.92 Å². The van der Waals surface area contributed by atoms with Crippen molar-refractivity contribution in [3.63, 3.8) is 0 Å². The van der Waals surface area contributed by atoms with Crippen molar-refractivity contribution in [3.8, 4) is 0 Å². The van der Waals surface area contributed by atoms with Crippen LogP contribution in [0.1, 0.15) is 6.92 Å². The van der Waals surface area contributed by atoms with Gasteiger partial charge in [0.2, 0.25) is 11.9 Å². The summed E-state index contributed by atoms with van der Waals surface area (Å²) < 4.78 is 0. The highest BCUT2D eigenvalue weighted by molar-refractivity contribution is 5.37. The summed E-state index contributed by atoms with van der Waals surface area (Å²) in [4.78, 5) is 16.3. The number of rotatable bonds is 3. The zero-order valence-corrected chi connectivity index (χ0v) is 7.56. The molecule has 0 saturated heterocycles. The van der Waals surface area contributed by atoms with E-state index >= 15 is 0 Å². The molecule has 0 amide bonds. The smallest absolute Gasteiger partial charge is 0.256 e. The minimum atomic E-state index is 0.0815. The van der Waals surface area contributed by atoms with Crippen LogP contribution in [0.5, 0.6) is 0 Å². The monoisotopic (exact) mass is 184 g/mol. The van der Waals surface area contributed by atoms with Gasteiger partial charge in [0.05, 0.1) is 7.11 Å². The molecule has 0 aromatic carbocycles. The lowest BCUT2D eigenvalue weighted by Gasteiger charge is -2.16. The van der Waals surface area contributed by atoms with E-state index < -0.39 is 0 Å². The predicted molar refractivity (Wildman–Crippen MR) is 48.7 cm³/mol. The third kappa shape index (κ3) is 2.15. The van der Waals surface area contributed by atoms with Gasteiger partial charge < -0.3 is 11.5 Å². The maximum atomic E-state index is 5.38. The molecule has 0 spiro atoms. The minimum absolute atomic E-state index is 0.0815.